The molecular formula is C28H29FN6O2. The first-order chi connectivity index (χ1) is 17.8. The summed E-state index contributed by atoms with van der Waals surface area (Å²) in [6.07, 6.45) is 1.63. The minimum atomic E-state index is -0.812. The smallest absolute Gasteiger partial charge is 0.247 e. The topological polar surface area (TPSA) is 101 Å². The van der Waals surface area contributed by atoms with E-state index in [1.54, 1.807) is 48.5 Å². The summed E-state index contributed by atoms with van der Waals surface area (Å²) in [4.78, 5) is 33.3. The summed E-state index contributed by atoms with van der Waals surface area (Å²) in [5.74, 6) is -0.352. The zero-order chi connectivity index (χ0) is 26.4. The van der Waals surface area contributed by atoms with Crippen LogP contribution >= 0.6 is 0 Å². The molecule has 1 aliphatic heterocycles. The van der Waals surface area contributed by atoms with Gasteiger partial charge in [0, 0.05) is 26.7 Å². The Morgan fingerprint density at radius 2 is 1.92 bits per heavy atom. The SMILES string of the molecule is C[C@H](CN[C@@H](C(=O)Nc1ccc(N2CCN(C)C(=O)C2)cn1)c1cccc(F)c1)c1ccc(C#N)cc1. The van der Waals surface area contributed by atoms with Crippen molar-refractivity contribution in [2.75, 3.05) is 43.4 Å². The molecule has 0 unspecified atom stereocenters. The highest BCUT2D eigenvalue weighted by Crippen LogP contribution is 2.22. The van der Waals surface area contributed by atoms with Gasteiger partial charge in [0.2, 0.25) is 11.8 Å². The van der Waals surface area contributed by atoms with Crippen molar-refractivity contribution in [1.82, 2.24) is 15.2 Å². The van der Waals surface area contributed by atoms with E-state index in [9.17, 15) is 14.0 Å². The largest absolute Gasteiger partial charge is 0.359 e. The lowest BCUT2D eigenvalue weighted by molar-refractivity contribution is -0.129. The second kappa shape index (κ2) is 11.6. The summed E-state index contributed by atoms with van der Waals surface area (Å²) in [6.45, 7) is 4.09. The van der Waals surface area contributed by atoms with E-state index in [4.69, 9.17) is 5.26 Å². The molecule has 2 atom stereocenters. The first-order valence-electron chi connectivity index (χ1n) is 12.1. The van der Waals surface area contributed by atoms with Crippen LogP contribution in [-0.4, -0.2) is 54.9 Å². The monoisotopic (exact) mass is 500 g/mol. The first-order valence-corrected chi connectivity index (χ1v) is 12.1. The third-order valence-electron chi connectivity index (χ3n) is 6.50. The minimum Gasteiger partial charge on any atom is -0.359 e. The van der Waals surface area contributed by atoms with Crippen LogP contribution in [0, 0.1) is 17.1 Å². The number of halogens is 1. The van der Waals surface area contributed by atoms with Crippen LogP contribution in [0.25, 0.3) is 0 Å². The van der Waals surface area contributed by atoms with E-state index >= 15 is 0 Å². The molecule has 3 aromatic rings. The molecule has 4 rings (SSSR count). The quantitative estimate of drug-likeness (QED) is 0.491. The lowest BCUT2D eigenvalue weighted by Gasteiger charge is -2.33. The van der Waals surface area contributed by atoms with Gasteiger partial charge in [-0.2, -0.15) is 5.26 Å². The molecule has 9 heteroatoms. The zero-order valence-electron chi connectivity index (χ0n) is 20.8. The van der Waals surface area contributed by atoms with Crippen LogP contribution in [0.4, 0.5) is 15.9 Å². The second-order valence-corrected chi connectivity index (χ2v) is 9.16. The summed E-state index contributed by atoms with van der Waals surface area (Å²) < 4.78 is 14.0. The number of amides is 2. The summed E-state index contributed by atoms with van der Waals surface area (Å²) in [6, 6.07) is 18.0. The minimum absolute atomic E-state index is 0.0420. The third kappa shape index (κ3) is 6.48. The van der Waals surface area contributed by atoms with Crippen molar-refractivity contribution < 1.29 is 14.0 Å². The number of anilines is 2. The van der Waals surface area contributed by atoms with Gasteiger partial charge in [0.05, 0.1) is 30.1 Å². The average molecular weight is 501 g/mol. The molecule has 8 nitrogen and oxygen atoms in total. The van der Waals surface area contributed by atoms with Crippen molar-refractivity contribution in [1.29, 1.82) is 5.26 Å². The first kappa shape index (κ1) is 25.8. The van der Waals surface area contributed by atoms with Crippen molar-refractivity contribution in [2.24, 2.45) is 0 Å². The lowest BCUT2D eigenvalue weighted by Crippen LogP contribution is -2.48. The fourth-order valence-corrected chi connectivity index (χ4v) is 4.17. The Hall–Kier alpha value is -4.29. The number of piperazine rings is 1. The van der Waals surface area contributed by atoms with Crippen molar-refractivity contribution in [3.63, 3.8) is 0 Å². The predicted octanol–water partition coefficient (Wildman–Crippen LogP) is 3.44. The molecule has 1 aliphatic rings. The van der Waals surface area contributed by atoms with Gasteiger partial charge in [0.25, 0.3) is 0 Å². The van der Waals surface area contributed by atoms with E-state index in [2.05, 4.69) is 21.7 Å². The van der Waals surface area contributed by atoms with E-state index in [-0.39, 0.29) is 24.3 Å². The third-order valence-corrected chi connectivity index (χ3v) is 6.50. The van der Waals surface area contributed by atoms with Gasteiger partial charge in [-0.25, -0.2) is 9.37 Å². The number of nitrogens with zero attached hydrogens (tertiary/aromatic N) is 4. The van der Waals surface area contributed by atoms with Gasteiger partial charge in [-0.15, -0.1) is 0 Å². The highest BCUT2D eigenvalue weighted by Gasteiger charge is 2.24. The Balaban J connectivity index is 1.45. The van der Waals surface area contributed by atoms with Crippen LogP contribution in [0.5, 0.6) is 0 Å². The number of aromatic nitrogens is 1. The molecule has 2 heterocycles. The van der Waals surface area contributed by atoms with Crippen LogP contribution < -0.4 is 15.5 Å². The van der Waals surface area contributed by atoms with Crippen LogP contribution in [0.3, 0.4) is 0 Å². The standard InChI is InChI=1S/C28H29FN6O2/c1-19(21-8-6-20(15-30)7-9-21)16-32-27(22-4-3-5-23(29)14-22)28(37)33-25-11-10-24(17-31-25)35-13-12-34(2)26(36)18-35/h3-11,14,17,19,27,32H,12-13,16,18H2,1-2H3,(H,31,33,37)/t19-,27-/m1/s1. The number of hydrogen-bond acceptors (Lipinski definition) is 6. The molecule has 0 spiro atoms. The number of benzene rings is 2. The van der Waals surface area contributed by atoms with E-state index in [0.29, 0.717) is 36.6 Å². The van der Waals surface area contributed by atoms with Crippen molar-refractivity contribution in [3.8, 4) is 6.07 Å². The van der Waals surface area contributed by atoms with Crippen molar-refractivity contribution in [2.45, 2.75) is 18.9 Å². The van der Waals surface area contributed by atoms with E-state index in [0.717, 1.165) is 11.3 Å². The second-order valence-electron chi connectivity index (χ2n) is 9.16. The molecule has 1 saturated heterocycles. The van der Waals surface area contributed by atoms with E-state index in [1.165, 1.54) is 12.1 Å². The van der Waals surface area contributed by atoms with Gasteiger partial charge in [0.15, 0.2) is 0 Å². The maximum Gasteiger partial charge on any atom is 0.247 e. The van der Waals surface area contributed by atoms with Crippen LogP contribution in [0.1, 0.15) is 35.6 Å². The summed E-state index contributed by atoms with van der Waals surface area (Å²) in [7, 11) is 1.78. The molecule has 0 saturated carbocycles. The Bertz CT molecular complexity index is 1290. The number of nitriles is 1. The van der Waals surface area contributed by atoms with E-state index in [1.807, 2.05) is 30.0 Å². The number of rotatable bonds is 8. The summed E-state index contributed by atoms with van der Waals surface area (Å²) in [5.41, 5.74) is 2.90. The Kier molecular flexibility index (Phi) is 8.11. The van der Waals surface area contributed by atoms with E-state index < -0.39 is 11.9 Å². The van der Waals surface area contributed by atoms with Gasteiger partial charge in [-0.05, 0) is 53.4 Å². The predicted molar refractivity (Wildman–Crippen MR) is 139 cm³/mol. The zero-order valence-corrected chi connectivity index (χ0v) is 20.8. The molecule has 1 fully saturated rings. The van der Waals surface area contributed by atoms with Gasteiger partial charge in [0.1, 0.15) is 17.7 Å². The molecule has 2 amide bonds. The fourth-order valence-electron chi connectivity index (χ4n) is 4.17. The van der Waals surface area contributed by atoms with Crippen LogP contribution in [0.15, 0.2) is 66.9 Å². The molecule has 37 heavy (non-hydrogen) atoms. The van der Waals surface area contributed by atoms with Gasteiger partial charge < -0.3 is 20.4 Å². The lowest BCUT2D eigenvalue weighted by atomic mass is 9.98. The van der Waals surface area contributed by atoms with Crippen molar-refractivity contribution in [3.05, 3.63) is 89.4 Å². The van der Waals surface area contributed by atoms with Crippen molar-refractivity contribution >= 4 is 23.3 Å². The molecule has 1 aromatic heterocycles. The fraction of sp³-hybridized carbons (Fsp3) is 0.286. The maximum atomic E-state index is 14.0. The van der Waals surface area contributed by atoms with Gasteiger partial charge in [-0.3, -0.25) is 9.59 Å². The average Bonchev–Trinajstić information content (AvgIpc) is 2.91. The Morgan fingerprint density at radius 1 is 1.14 bits per heavy atom. The van der Waals surface area contributed by atoms with Gasteiger partial charge >= 0.3 is 0 Å². The molecular weight excluding hydrogens is 471 g/mol. The Labute approximate surface area is 215 Å². The molecule has 2 N–H and O–H groups in total. The number of pyridine rings is 1. The highest BCUT2D eigenvalue weighted by atomic mass is 19.1. The molecule has 0 bridgehead atoms. The van der Waals surface area contributed by atoms with Gasteiger partial charge in [-0.1, -0.05) is 31.2 Å². The van der Waals surface area contributed by atoms with Crippen LogP contribution in [-0.2, 0) is 9.59 Å². The van der Waals surface area contributed by atoms with Crippen LogP contribution in [0.2, 0.25) is 0 Å². The normalized spacial score (nSPS) is 15.1. The Morgan fingerprint density at radius 3 is 2.57 bits per heavy atom. The molecule has 0 aliphatic carbocycles. The maximum absolute atomic E-state index is 14.0. The molecule has 0 radical (unpaired) electrons. The number of nitrogens with one attached hydrogen (secondary N) is 2. The highest BCUT2D eigenvalue weighted by molar-refractivity contribution is 5.95. The summed E-state index contributed by atoms with van der Waals surface area (Å²) in [5, 5.41) is 15.1. The number of hydrogen-bond donors (Lipinski definition) is 2. The number of carbonyl (C=O) groups is 2. The molecule has 190 valence electrons. The number of carbonyl (C=O) groups excluding carboxylic acids is 2. The summed E-state index contributed by atoms with van der Waals surface area (Å²) >= 11 is 0. The number of likely N-dealkylation sites (N-methyl/N-ethyl adjacent to an activating group) is 1. The molecule has 2 aromatic carbocycles.